The molecule has 30 heavy (non-hydrogen) atoms. The standard InChI is InChI=1S/C22H22N2O6/c1-4-29-17-9-6-14(19(13-17)30-5-2)12-18-20(25)23-22(27)24(21(18)26)15-7-10-16(28-3)11-8-15/h6-13H,4-5H2,1-3H3,(H,23,25,27)/b18-12-. The first kappa shape index (κ1) is 20.9. The van der Waals surface area contributed by atoms with Gasteiger partial charge in [-0.15, -0.1) is 0 Å². The summed E-state index contributed by atoms with van der Waals surface area (Å²) in [4.78, 5) is 38.7. The number of anilines is 1. The second-order valence-corrected chi connectivity index (χ2v) is 6.22. The minimum Gasteiger partial charge on any atom is -0.497 e. The van der Waals surface area contributed by atoms with Crippen LogP contribution in [0.15, 0.2) is 48.0 Å². The molecule has 0 aromatic heterocycles. The zero-order valence-corrected chi connectivity index (χ0v) is 16.9. The van der Waals surface area contributed by atoms with Crippen LogP contribution in [0.25, 0.3) is 6.08 Å². The number of nitrogens with zero attached hydrogens (tertiary/aromatic N) is 1. The molecule has 2 aromatic carbocycles. The number of nitrogens with one attached hydrogen (secondary N) is 1. The fourth-order valence-corrected chi connectivity index (χ4v) is 2.95. The van der Waals surface area contributed by atoms with Crippen molar-refractivity contribution in [3.63, 3.8) is 0 Å². The van der Waals surface area contributed by atoms with E-state index in [0.29, 0.717) is 41.7 Å². The van der Waals surface area contributed by atoms with E-state index >= 15 is 0 Å². The van der Waals surface area contributed by atoms with Crippen molar-refractivity contribution in [1.82, 2.24) is 5.32 Å². The van der Waals surface area contributed by atoms with Crippen molar-refractivity contribution in [2.24, 2.45) is 0 Å². The summed E-state index contributed by atoms with van der Waals surface area (Å²) in [6, 6.07) is 10.7. The number of amides is 4. The van der Waals surface area contributed by atoms with Crippen molar-refractivity contribution in [1.29, 1.82) is 0 Å². The lowest BCUT2D eigenvalue weighted by atomic mass is 10.1. The van der Waals surface area contributed by atoms with E-state index in [9.17, 15) is 14.4 Å². The number of urea groups is 1. The van der Waals surface area contributed by atoms with Crippen LogP contribution in [0, 0.1) is 0 Å². The van der Waals surface area contributed by atoms with Gasteiger partial charge in [0.05, 0.1) is 26.0 Å². The Morgan fingerprint density at radius 2 is 1.60 bits per heavy atom. The molecule has 156 valence electrons. The van der Waals surface area contributed by atoms with Crippen LogP contribution in [0.3, 0.4) is 0 Å². The summed E-state index contributed by atoms with van der Waals surface area (Å²) in [5.41, 5.74) is 0.645. The zero-order chi connectivity index (χ0) is 21.7. The van der Waals surface area contributed by atoms with Crippen LogP contribution in [0.4, 0.5) is 10.5 Å². The van der Waals surface area contributed by atoms with Gasteiger partial charge in [0.1, 0.15) is 22.8 Å². The molecule has 0 unspecified atom stereocenters. The van der Waals surface area contributed by atoms with Crippen LogP contribution < -0.4 is 24.4 Å². The van der Waals surface area contributed by atoms with Gasteiger partial charge in [-0.05, 0) is 56.3 Å². The van der Waals surface area contributed by atoms with Crippen molar-refractivity contribution in [3.05, 3.63) is 53.6 Å². The molecule has 1 aliphatic heterocycles. The van der Waals surface area contributed by atoms with E-state index in [-0.39, 0.29) is 5.57 Å². The zero-order valence-electron chi connectivity index (χ0n) is 16.9. The van der Waals surface area contributed by atoms with Crippen molar-refractivity contribution in [2.45, 2.75) is 13.8 Å². The number of imide groups is 2. The van der Waals surface area contributed by atoms with E-state index in [1.54, 1.807) is 42.5 Å². The minimum absolute atomic E-state index is 0.185. The van der Waals surface area contributed by atoms with Crippen LogP contribution in [0.5, 0.6) is 17.2 Å². The lowest BCUT2D eigenvalue weighted by Gasteiger charge is -2.26. The third-order valence-electron chi connectivity index (χ3n) is 4.33. The maximum absolute atomic E-state index is 13.0. The molecule has 1 heterocycles. The first-order valence-corrected chi connectivity index (χ1v) is 9.43. The van der Waals surface area contributed by atoms with Gasteiger partial charge in [-0.1, -0.05) is 0 Å². The first-order valence-electron chi connectivity index (χ1n) is 9.43. The van der Waals surface area contributed by atoms with E-state index in [4.69, 9.17) is 14.2 Å². The van der Waals surface area contributed by atoms with Gasteiger partial charge in [-0.25, -0.2) is 9.69 Å². The summed E-state index contributed by atoms with van der Waals surface area (Å²) < 4.78 is 16.2. The van der Waals surface area contributed by atoms with E-state index in [1.165, 1.54) is 13.2 Å². The number of ether oxygens (including phenoxy) is 3. The van der Waals surface area contributed by atoms with E-state index < -0.39 is 17.8 Å². The molecule has 3 rings (SSSR count). The normalized spacial score (nSPS) is 15.2. The van der Waals surface area contributed by atoms with Gasteiger partial charge in [0.25, 0.3) is 11.8 Å². The van der Waals surface area contributed by atoms with Crippen LogP contribution in [-0.4, -0.2) is 38.2 Å². The van der Waals surface area contributed by atoms with Gasteiger partial charge >= 0.3 is 6.03 Å². The molecule has 2 aromatic rings. The van der Waals surface area contributed by atoms with Crippen LogP contribution in [0.2, 0.25) is 0 Å². The first-order chi connectivity index (χ1) is 14.5. The maximum atomic E-state index is 13.0. The highest BCUT2D eigenvalue weighted by Crippen LogP contribution is 2.29. The molecule has 0 aliphatic carbocycles. The molecule has 0 spiro atoms. The van der Waals surface area contributed by atoms with Crippen LogP contribution >= 0.6 is 0 Å². The van der Waals surface area contributed by atoms with Crippen LogP contribution in [-0.2, 0) is 9.59 Å². The average Bonchev–Trinajstić information content (AvgIpc) is 2.73. The topological polar surface area (TPSA) is 94.2 Å². The Balaban J connectivity index is 1.99. The summed E-state index contributed by atoms with van der Waals surface area (Å²) in [7, 11) is 1.51. The Hall–Kier alpha value is -3.81. The molecule has 0 atom stereocenters. The lowest BCUT2D eigenvalue weighted by molar-refractivity contribution is -0.122. The number of carbonyl (C=O) groups excluding carboxylic acids is 3. The van der Waals surface area contributed by atoms with Crippen molar-refractivity contribution < 1.29 is 28.6 Å². The lowest BCUT2D eigenvalue weighted by Crippen LogP contribution is -2.54. The van der Waals surface area contributed by atoms with E-state index in [2.05, 4.69) is 5.32 Å². The van der Waals surface area contributed by atoms with Crippen molar-refractivity contribution >= 4 is 29.6 Å². The fraction of sp³-hybridized carbons (Fsp3) is 0.227. The predicted molar refractivity (Wildman–Crippen MR) is 111 cm³/mol. The molecule has 1 N–H and O–H groups in total. The molecule has 1 aliphatic rings. The Labute approximate surface area is 174 Å². The molecule has 1 fully saturated rings. The average molecular weight is 410 g/mol. The van der Waals surface area contributed by atoms with Gasteiger partial charge in [0.15, 0.2) is 0 Å². The number of methoxy groups -OCH3 is 1. The smallest absolute Gasteiger partial charge is 0.335 e. The number of hydrogen-bond donors (Lipinski definition) is 1. The summed E-state index contributed by atoms with van der Waals surface area (Å²) in [6.45, 7) is 4.58. The fourth-order valence-electron chi connectivity index (χ4n) is 2.95. The molecule has 8 nitrogen and oxygen atoms in total. The molecule has 4 amide bonds. The molecule has 0 radical (unpaired) electrons. The minimum atomic E-state index is -0.816. The third kappa shape index (κ3) is 4.27. The summed E-state index contributed by atoms with van der Waals surface area (Å²) in [5.74, 6) is 0.143. The quantitative estimate of drug-likeness (QED) is 0.557. The van der Waals surface area contributed by atoms with E-state index in [1.807, 2.05) is 13.8 Å². The number of hydrogen-bond acceptors (Lipinski definition) is 6. The molecule has 0 bridgehead atoms. The Morgan fingerprint density at radius 1 is 0.933 bits per heavy atom. The van der Waals surface area contributed by atoms with Gasteiger partial charge in [0, 0.05) is 11.6 Å². The number of rotatable bonds is 7. The second-order valence-electron chi connectivity index (χ2n) is 6.22. The number of carbonyl (C=O) groups is 3. The Kier molecular flexibility index (Phi) is 6.36. The number of barbiturate groups is 1. The van der Waals surface area contributed by atoms with Gasteiger partial charge in [-0.3, -0.25) is 14.9 Å². The van der Waals surface area contributed by atoms with Crippen molar-refractivity contribution in [2.75, 3.05) is 25.2 Å². The highest BCUT2D eigenvalue weighted by atomic mass is 16.5. The van der Waals surface area contributed by atoms with Gasteiger partial charge in [0.2, 0.25) is 0 Å². The highest BCUT2D eigenvalue weighted by Gasteiger charge is 2.37. The summed E-state index contributed by atoms with van der Waals surface area (Å²) in [5, 5.41) is 2.20. The molecular formula is C22H22N2O6. The van der Waals surface area contributed by atoms with Gasteiger partial charge in [-0.2, -0.15) is 0 Å². The number of benzene rings is 2. The van der Waals surface area contributed by atoms with Crippen LogP contribution in [0.1, 0.15) is 19.4 Å². The summed E-state index contributed by atoms with van der Waals surface area (Å²) >= 11 is 0. The second kappa shape index (κ2) is 9.13. The molecular weight excluding hydrogens is 388 g/mol. The van der Waals surface area contributed by atoms with Gasteiger partial charge < -0.3 is 14.2 Å². The monoisotopic (exact) mass is 410 g/mol. The molecule has 0 saturated carbocycles. The van der Waals surface area contributed by atoms with Crippen molar-refractivity contribution in [3.8, 4) is 17.2 Å². The Bertz CT molecular complexity index is 997. The third-order valence-corrected chi connectivity index (χ3v) is 4.33. The molecule has 1 saturated heterocycles. The Morgan fingerprint density at radius 3 is 2.23 bits per heavy atom. The predicted octanol–water partition coefficient (Wildman–Crippen LogP) is 3.16. The highest BCUT2D eigenvalue weighted by molar-refractivity contribution is 6.39. The summed E-state index contributed by atoms with van der Waals surface area (Å²) in [6.07, 6.45) is 1.40. The maximum Gasteiger partial charge on any atom is 0.335 e. The SMILES string of the molecule is CCOc1ccc(/C=C2/C(=O)NC(=O)N(c3ccc(OC)cc3)C2=O)c(OCC)c1. The largest absolute Gasteiger partial charge is 0.497 e. The molecule has 8 heteroatoms. The van der Waals surface area contributed by atoms with E-state index in [0.717, 1.165) is 4.90 Å².